The highest BCUT2D eigenvalue weighted by Crippen LogP contribution is 2.24. The van der Waals surface area contributed by atoms with E-state index in [0.717, 1.165) is 35.7 Å². The van der Waals surface area contributed by atoms with E-state index < -0.39 is 6.10 Å². The first-order valence-electron chi connectivity index (χ1n) is 9.09. The van der Waals surface area contributed by atoms with E-state index in [-0.39, 0.29) is 24.3 Å². The Balaban J connectivity index is 1.54. The van der Waals surface area contributed by atoms with Crippen molar-refractivity contribution in [2.45, 2.75) is 58.1 Å². The van der Waals surface area contributed by atoms with Crippen LogP contribution in [0.25, 0.3) is 10.9 Å². The Bertz CT molecular complexity index is 752. The fourth-order valence-electron chi connectivity index (χ4n) is 3.56. The summed E-state index contributed by atoms with van der Waals surface area (Å²) in [5, 5.41) is 4.05. The van der Waals surface area contributed by atoms with E-state index in [0.29, 0.717) is 5.92 Å². The summed E-state index contributed by atoms with van der Waals surface area (Å²) in [5.74, 6) is -0.109. The van der Waals surface area contributed by atoms with Crippen molar-refractivity contribution in [3.8, 4) is 0 Å². The molecule has 5 nitrogen and oxygen atoms in total. The van der Waals surface area contributed by atoms with Crippen LogP contribution in [0.5, 0.6) is 0 Å². The third-order valence-corrected chi connectivity index (χ3v) is 5.13. The van der Waals surface area contributed by atoms with Gasteiger partial charge in [0, 0.05) is 23.1 Å². The van der Waals surface area contributed by atoms with Crippen LogP contribution in [0.15, 0.2) is 30.5 Å². The molecule has 2 N–H and O–H groups in total. The molecule has 2 aromatic rings. The lowest BCUT2D eigenvalue weighted by atomic mass is 9.86. The minimum atomic E-state index is -0.771. The number of amides is 1. The highest BCUT2D eigenvalue weighted by molar-refractivity contribution is 5.88. The maximum Gasteiger partial charge on any atom is 0.311 e. The molecular weight excluding hydrogens is 316 g/mol. The minimum Gasteiger partial charge on any atom is -0.452 e. The van der Waals surface area contributed by atoms with Gasteiger partial charge < -0.3 is 15.0 Å². The maximum atomic E-state index is 12.3. The Morgan fingerprint density at radius 2 is 2.04 bits per heavy atom. The summed E-state index contributed by atoms with van der Waals surface area (Å²) in [5.41, 5.74) is 1.87. The van der Waals surface area contributed by atoms with Crippen LogP contribution in [0.4, 0.5) is 0 Å². The smallest absolute Gasteiger partial charge is 0.311 e. The average molecular weight is 342 g/mol. The predicted octanol–water partition coefficient (Wildman–Crippen LogP) is 3.34. The molecule has 1 aliphatic carbocycles. The number of ether oxygens (including phenoxy) is 1. The van der Waals surface area contributed by atoms with Crippen molar-refractivity contribution in [1.29, 1.82) is 0 Å². The number of rotatable bonds is 5. The van der Waals surface area contributed by atoms with Gasteiger partial charge in [-0.25, -0.2) is 0 Å². The van der Waals surface area contributed by atoms with Gasteiger partial charge in [-0.15, -0.1) is 0 Å². The van der Waals surface area contributed by atoms with Crippen molar-refractivity contribution in [3.63, 3.8) is 0 Å². The van der Waals surface area contributed by atoms with Crippen LogP contribution in [0.2, 0.25) is 0 Å². The quantitative estimate of drug-likeness (QED) is 0.819. The first kappa shape index (κ1) is 17.5. The number of aromatic amines is 1. The Morgan fingerprint density at radius 1 is 1.28 bits per heavy atom. The van der Waals surface area contributed by atoms with Gasteiger partial charge in [-0.3, -0.25) is 9.59 Å². The molecule has 1 aromatic heterocycles. The average Bonchev–Trinajstić information content (AvgIpc) is 3.00. The third kappa shape index (κ3) is 4.21. The number of carbonyl (C=O) groups is 2. The molecule has 0 unspecified atom stereocenters. The Kier molecular flexibility index (Phi) is 5.41. The van der Waals surface area contributed by atoms with Gasteiger partial charge in [0.05, 0.1) is 6.42 Å². The van der Waals surface area contributed by atoms with Crippen LogP contribution in [0.1, 0.15) is 45.1 Å². The molecule has 1 saturated carbocycles. The summed E-state index contributed by atoms with van der Waals surface area (Å²) < 4.78 is 5.35. The SMILES string of the molecule is C[C@@H](OC(=O)Cc1c[nH]c2ccccc12)C(=O)N[C@H]1CCCC[C@@H]1C. The van der Waals surface area contributed by atoms with E-state index in [1.807, 2.05) is 30.5 Å². The van der Waals surface area contributed by atoms with Gasteiger partial charge in [0.15, 0.2) is 6.10 Å². The van der Waals surface area contributed by atoms with Crippen LogP contribution in [-0.4, -0.2) is 29.0 Å². The number of fused-ring (bicyclic) bond motifs is 1. The summed E-state index contributed by atoms with van der Waals surface area (Å²) in [4.78, 5) is 27.7. The predicted molar refractivity (Wildman–Crippen MR) is 97.1 cm³/mol. The van der Waals surface area contributed by atoms with Crippen molar-refractivity contribution < 1.29 is 14.3 Å². The third-order valence-electron chi connectivity index (χ3n) is 5.13. The highest BCUT2D eigenvalue weighted by atomic mass is 16.5. The van der Waals surface area contributed by atoms with Crippen molar-refractivity contribution >= 4 is 22.8 Å². The van der Waals surface area contributed by atoms with Crippen molar-refractivity contribution in [2.24, 2.45) is 5.92 Å². The van der Waals surface area contributed by atoms with Crippen molar-refractivity contribution in [2.75, 3.05) is 0 Å². The number of aromatic nitrogens is 1. The van der Waals surface area contributed by atoms with E-state index in [2.05, 4.69) is 17.2 Å². The van der Waals surface area contributed by atoms with Gasteiger partial charge in [0.25, 0.3) is 5.91 Å². The fourth-order valence-corrected chi connectivity index (χ4v) is 3.56. The largest absolute Gasteiger partial charge is 0.452 e. The molecule has 1 aromatic carbocycles. The van der Waals surface area contributed by atoms with E-state index in [1.165, 1.54) is 6.42 Å². The lowest BCUT2D eigenvalue weighted by molar-refractivity contribution is -0.154. The lowest BCUT2D eigenvalue weighted by Crippen LogP contribution is -2.46. The molecule has 1 amide bonds. The summed E-state index contributed by atoms with van der Waals surface area (Å²) >= 11 is 0. The topological polar surface area (TPSA) is 71.2 Å². The van der Waals surface area contributed by atoms with Gasteiger partial charge in [0.1, 0.15) is 0 Å². The Hall–Kier alpha value is -2.30. The summed E-state index contributed by atoms with van der Waals surface area (Å²) in [6, 6.07) is 8.00. The molecule has 25 heavy (non-hydrogen) atoms. The van der Waals surface area contributed by atoms with E-state index in [4.69, 9.17) is 4.74 Å². The number of nitrogens with one attached hydrogen (secondary N) is 2. The van der Waals surface area contributed by atoms with Crippen molar-refractivity contribution in [1.82, 2.24) is 10.3 Å². The van der Waals surface area contributed by atoms with Gasteiger partial charge in [0.2, 0.25) is 0 Å². The molecule has 3 atom stereocenters. The second-order valence-corrected chi connectivity index (χ2v) is 7.05. The summed E-state index contributed by atoms with van der Waals surface area (Å²) in [7, 11) is 0. The number of hydrogen-bond acceptors (Lipinski definition) is 3. The summed E-state index contributed by atoms with van der Waals surface area (Å²) in [6.45, 7) is 3.80. The first-order chi connectivity index (χ1) is 12.0. The van der Waals surface area contributed by atoms with Crippen LogP contribution in [0, 0.1) is 5.92 Å². The molecule has 5 heteroatoms. The van der Waals surface area contributed by atoms with Crippen LogP contribution < -0.4 is 5.32 Å². The lowest BCUT2D eigenvalue weighted by Gasteiger charge is -2.30. The van der Waals surface area contributed by atoms with Crippen LogP contribution in [0.3, 0.4) is 0 Å². The maximum absolute atomic E-state index is 12.3. The number of H-pyrrole nitrogens is 1. The van der Waals surface area contributed by atoms with Gasteiger partial charge >= 0.3 is 5.97 Å². The molecule has 0 saturated heterocycles. The summed E-state index contributed by atoms with van der Waals surface area (Å²) in [6.07, 6.45) is 5.71. The van der Waals surface area contributed by atoms with E-state index in [1.54, 1.807) is 6.92 Å². The monoisotopic (exact) mass is 342 g/mol. The molecule has 0 radical (unpaired) electrons. The van der Waals surface area contributed by atoms with Crippen LogP contribution >= 0.6 is 0 Å². The molecule has 1 fully saturated rings. The standard InChI is InChI=1S/C20H26N2O3/c1-13-7-3-5-9-17(13)22-20(24)14(2)25-19(23)11-15-12-21-18-10-6-4-8-16(15)18/h4,6,8,10,12-14,17,21H,3,5,7,9,11H2,1-2H3,(H,22,24)/t13-,14+,17-/m0/s1. The minimum absolute atomic E-state index is 0.154. The normalized spacial score (nSPS) is 21.7. The molecule has 0 spiro atoms. The number of carbonyl (C=O) groups excluding carboxylic acids is 2. The van der Waals surface area contributed by atoms with E-state index >= 15 is 0 Å². The van der Waals surface area contributed by atoms with E-state index in [9.17, 15) is 9.59 Å². The number of para-hydroxylation sites is 1. The zero-order valence-electron chi connectivity index (χ0n) is 14.9. The number of benzene rings is 1. The van der Waals surface area contributed by atoms with Crippen LogP contribution in [-0.2, 0) is 20.7 Å². The zero-order valence-corrected chi connectivity index (χ0v) is 14.9. The molecule has 134 valence electrons. The number of esters is 1. The second-order valence-electron chi connectivity index (χ2n) is 7.05. The molecule has 1 heterocycles. The molecule has 0 bridgehead atoms. The fraction of sp³-hybridized carbons (Fsp3) is 0.500. The second kappa shape index (κ2) is 7.72. The van der Waals surface area contributed by atoms with Gasteiger partial charge in [-0.2, -0.15) is 0 Å². The highest BCUT2D eigenvalue weighted by Gasteiger charge is 2.26. The molecule has 3 rings (SSSR count). The first-order valence-corrected chi connectivity index (χ1v) is 9.09. The molecular formula is C20H26N2O3. The zero-order chi connectivity index (χ0) is 17.8. The Labute approximate surface area is 148 Å². The van der Waals surface area contributed by atoms with Gasteiger partial charge in [-0.05, 0) is 37.3 Å². The molecule has 1 aliphatic rings. The molecule has 0 aliphatic heterocycles. The Morgan fingerprint density at radius 3 is 2.84 bits per heavy atom. The number of hydrogen-bond donors (Lipinski definition) is 2. The van der Waals surface area contributed by atoms with Gasteiger partial charge in [-0.1, -0.05) is 38.0 Å². The van der Waals surface area contributed by atoms with Crippen molar-refractivity contribution in [3.05, 3.63) is 36.0 Å².